The fourth-order valence-electron chi connectivity index (χ4n) is 0.995. The molecule has 11 heavy (non-hydrogen) atoms. The number of hydrogen-bond donors (Lipinski definition) is 0. The van der Waals surface area contributed by atoms with Crippen LogP contribution in [0.4, 0.5) is 8.78 Å². The highest BCUT2D eigenvalue weighted by molar-refractivity contribution is 5.05. The Bertz CT molecular complexity index is 126. The Hall–Kier alpha value is -0.400. The lowest BCUT2D eigenvalue weighted by Crippen LogP contribution is -2.01. The van der Waals surface area contributed by atoms with Gasteiger partial charge in [-0.15, -0.1) is 0 Å². The summed E-state index contributed by atoms with van der Waals surface area (Å²) >= 11 is 0. The molecule has 0 rings (SSSR count). The number of alkyl halides is 2. The molecule has 0 aromatic carbocycles. The van der Waals surface area contributed by atoms with E-state index in [4.69, 9.17) is 0 Å². The van der Waals surface area contributed by atoms with Gasteiger partial charge in [-0.3, -0.25) is 0 Å². The molecule has 0 aromatic rings. The quantitative estimate of drug-likeness (QED) is 0.554. The molecule has 0 saturated heterocycles. The fourth-order valence-corrected chi connectivity index (χ4v) is 0.995. The maximum absolute atomic E-state index is 12.2. The molecule has 0 saturated carbocycles. The third-order valence-corrected chi connectivity index (χ3v) is 1.39. The van der Waals surface area contributed by atoms with Gasteiger partial charge in [0.1, 0.15) is 0 Å². The van der Waals surface area contributed by atoms with E-state index < -0.39 is 6.43 Å². The van der Waals surface area contributed by atoms with Crippen molar-refractivity contribution in [2.75, 3.05) is 0 Å². The van der Waals surface area contributed by atoms with E-state index in [9.17, 15) is 8.78 Å². The van der Waals surface area contributed by atoms with Crippen LogP contribution in [0, 0.1) is 5.92 Å². The Kier molecular flexibility index (Phi) is 5.08. The lowest BCUT2D eigenvalue weighted by molar-refractivity contribution is 0.181. The van der Waals surface area contributed by atoms with Crippen LogP contribution in [0.3, 0.4) is 0 Å². The molecule has 0 atom stereocenters. The second-order valence-corrected chi connectivity index (χ2v) is 3.09. The summed E-state index contributed by atoms with van der Waals surface area (Å²) in [5.41, 5.74) is 0.294. The molecule has 0 bridgehead atoms. The van der Waals surface area contributed by atoms with Crippen molar-refractivity contribution < 1.29 is 8.78 Å². The van der Waals surface area contributed by atoms with E-state index in [0.29, 0.717) is 24.3 Å². The number of halogens is 2. The van der Waals surface area contributed by atoms with E-state index in [2.05, 4.69) is 0 Å². The van der Waals surface area contributed by atoms with Crippen LogP contribution in [-0.2, 0) is 0 Å². The lowest BCUT2D eigenvalue weighted by Gasteiger charge is -2.08. The average molecular weight is 162 g/mol. The van der Waals surface area contributed by atoms with Crippen molar-refractivity contribution in [1.29, 1.82) is 0 Å². The van der Waals surface area contributed by atoms with Gasteiger partial charge in [-0.05, 0) is 24.3 Å². The first-order valence-corrected chi connectivity index (χ1v) is 4.05. The van der Waals surface area contributed by atoms with Crippen LogP contribution < -0.4 is 0 Å². The summed E-state index contributed by atoms with van der Waals surface area (Å²) in [7, 11) is 0. The number of allylic oxidation sites excluding steroid dienone is 2. The van der Waals surface area contributed by atoms with E-state index in [0.717, 1.165) is 0 Å². The third kappa shape index (κ3) is 4.93. The summed E-state index contributed by atoms with van der Waals surface area (Å²) in [5.74, 6) is 0.321. The predicted octanol–water partition coefficient (Wildman–Crippen LogP) is 3.63. The lowest BCUT2D eigenvalue weighted by atomic mass is 10.0. The summed E-state index contributed by atoms with van der Waals surface area (Å²) in [6.45, 7) is 5.78. The molecule has 2 heteroatoms. The first-order chi connectivity index (χ1) is 5.07. The third-order valence-electron chi connectivity index (χ3n) is 1.39. The highest BCUT2D eigenvalue weighted by Crippen LogP contribution is 2.18. The summed E-state index contributed by atoms with van der Waals surface area (Å²) in [5, 5.41) is 0. The zero-order valence-electron chi connectivity index (χ0n) is 7.40. The Morgan fingerprint density at radius 2 is 1.91 bits per heavy atom. The zero-order chi connectivity index (χ0) is 8.85. The van der Waals surface area contributed by atoms with E-state index in [-0.39, 0.29) is 0 Å². The van der Waals surface area contributed by atoms with Crippen molar-refractivity contribution in [2.24, 2.45) is 5.92 Å². The molecule has 0 heterocycles. The van der Waals surface area contributed by atoms with Gasteiger partial charge in [-0.2, -0.15) is 0 Å². The zero-order valence-corrected chi connectivity index (χ0v) is 7.40. The largest absolute Gasteiger partial charge is 0.259 e. The maximum atomic E-state index is 12.2. The first kappa shape index (κ1) is 10.6. The smallest absolute Gasteiger partial charge is 0.205 e. The van der Waals surface area contributed by atoms with Gasteiger partial charge in [0.2, 0.25) is 0 Å². The van der Waals surface area contributed by atoms with Crippen molar-refractivity contribution in [3.8, 4) is 0 Å². The average Bonchev–Trinajstić information content (AvgIpc) is 1.86. The highest BCUT2D eigenvalue weighted by atomic mass is 19.3. The molecule has 0 aliphatic heterocycles. The molecule has 0 radical (unpaired) electrons. The second kappa shape index (κ2) is 5.28. The number of rotatable bonds is 4. The Labute approximate surface area is 67.3 Å². The summed E-state index contributed by atoms with van der Waals surface area (Å²) in [4.78, 5) is 0. The molecule has 0 aliphatic rings. The van der Waals surface area contributed by atoms with Crippen LogP contribution in [0.15, 0.2) is 11.6 Å². The summed E-state index contributed by atoms with van der Waals surface area (Å²) in [6.07, 6.45) is 0.583. The molecule has 0 aromatic heterocycles. The molecule has 0 aliphatic carbocycles. The van der Waals surface area contributed by atoms with Crippen molar-refractivity contribution in [3.05, 3.63) is 11.6 Å². The standard InChI is InChI=1S/C9H16F2/c1-4-5-8(9(10)11)6-7(2)3/h5,7,9H,4,6H2,1-3H3. The minimum absolute atomic E-state index is 0.294. The molecule has 0 unspecified atom stereocenters. The van der Waals surface area contributed by atoms with Crippen molar-refractivity contribution in [2.45, 2.75) is 40.0 Å². The molecule has 0 amide bonds. The van der Waals surface area contributed by atoms with Crippen LogP contribution in [0.25, 0.3) is 0 Å². The monoisotopic (exact) mass is 162 g/mol. The first-order valence-electron chi connectivity index (χ1n) is 4.05. The van der Waals surface area contributed by atoms with E-state index in [1.807, 2.05) is 20.8 Å². The van der Waals surface area contributed by atoms with Gasteiger partial charge in [0.25, 0.3) is 6.43 Å². The van der Waals surface area contributed by atoms with Crippen LogP contribution in [0.2, 0.25) is 0 Å². The fraction of sp³-hybridized carbons (Fsp3) is 0.778. The van der Waals surface area contributed by atoms with Crippen molar-refractivity contribution in [3.63, 3.8) is 0 Å². The summed E-state index contributed by atoms with van der Waals surface area (Å²) in [6, 6.07) is 0. The second-order valence-electron chi connectivity index (χ2n) is 3.09. The molecule has 0 N–H and O–H groups in total. The van der Waals surface area contributed by atoms with E-state index >= 15 is 0 Å². The minimum atomic E-state index is -2.27. The highest BCUT2D eigenvalue weighted by Gasteiger charge is 2.11. The van der Waals surface area contributed by atoms with Gasteiger partial charge in [0.05, 0.1) is 0 Å². The van der Waals surface area contributed by atoms with Crippen LogP contribution in [-0.4, -0.2) is 6.43 Å². The van der Waals surface area contributed by atoms with E-state index in [1.165, 1.54) is 0 Å². The molecule has 0 nitrogen and oxygen atoms in total. The SMILES string of the molecule is CCC=C(CC(C)C)C(F)F. The van der Waals surface area contributed by atoms with Crippen molar-refractivity contribution >= 4 is 0 Å². The van der Waals surface area contributed by atoms with Crippen LogP contribution >= 0.6 is 0 Å². The Morgan fingerprint density at radius 1 is 1.36 bits per heavy atom. The predicted molar refractivity (Wildman–Crippen MR) is 43.8 cm³/mol. The molecule has 0 fully saturated rings. The summed E-state index contributed by atoms with van der Waals surface area (Å²) < 4.78 is 24.4. The van der Waals surface area contributed by atoms with E-state index in [1.54, 1.807) is 6.08 Å². The Morgan fingerprint density at radius 3 is 2.18 bits per heavy atom. The van der Waals surface area contributed by atoms with Gasteiger partial charge in [-0.1, -0.05) is 26.8 Å². The van der Waals surface area contributed by atoms with Crippen molar-refractivity contribution in [1.82, 2.24) is 0 Å². The van der Waals surface area contributed by atoms with Crippen LogP contribution in [0.1, 0.15) is 33.6 Å². The maximum Gasteiger partial charge on any atom is 0.259 e. The van der Waals surface area contributed by atoms with Gasteiger partial charge in [0, 0.05) is 0 Å². The van der Waals surface area contributed by atoms with Gasteiger partial charge in [-0.25, -0.2) is 8.78 Å². The topological polar surface area (TPSA) is 0 Å². The molecular weight excluding hydrogens is 146 g/mol. The van der Waals surface area contributed by atoms with Gasteiger partial charge in [0.15, 0.2) is 0 Å². The number of hydrogen-bond acceptors (Lipinski definition) is 0. The molecular formula is C9H16F2. The molecule has 66 valence electrons. The molecule has 0 spiro atoms. The van der Waals surface area contributed by atoms with Gasteiger partial charge < -0.3 is 0 Å². The normalized spacial score (nSPS) is 13.2. The minimum Gasteiger partial charge on any atom is -0.205 e. The van der Waals surface area contributed by atoms with Crippen LogP contribution in [0.5, 0.6) is 0 Å². The van der Waals surface area contributed by atoms with Gasteiger partial charge >= 0.3 is 0 Å². The Balaban J connectivity index is 4.01.